The molecule has 6 heteroatoms. The van der Waals surface area contributed by atoms with Crippen molar-refractivity contribution in [1.29, 1.82) is 0 Å². The van der Waals surface area contributed by atoms with Crippen molar-refractivity contribution in [3.8, 4) is 0 Å². The molecule has 3 aliphatic rings. The number of amides is 1. The second kappa shape index (κ2) is 12.0. The Bertz CT molecular complexity index is 659. The summed E-state index contributed by atoms with van der Waals surface area (Å²) >= 11 is 0. The molecule has 31 heavy (non-hydrogen) atoms. The first-order chi connectivity index (χ1) is 15.3. The maximum atomic E-state index is 13.6. The fourth-order valence-electron chi connectivity index (χ4n) is 5.16. The van der Waals surface area contributed by atoms with Crippen molar-refractivity contribution < 1.29 is 19.1 Å². The van der Waals surface area contributed by atoms with Crippen molar-refractivity contribution in [2.75, 3.05) is 26.5 Å². The van der Waals surface area contributed by atoms with Gasteiger partial charge >= 0.3 is 0 Å². The molecule has 2 heterocycles. The third kappa shape index (κ3) is 6.75. The lowest BCUT2D eigenvalue weighted by Gasteiger charge is -2.31. The third-order valence-electron chi connectivity index (χ3n) is 6.95. The highest BCUT2D eigenvalue weighted by atomic mass is 16.8. The van der Waals surface area contributed by atoms with Gasteiger partial charge in [-0.3, -0.25) is 9.63 Å². The fourth-order valence-corrected chi connectivity index (χ4v) is 5.16. The molecule has 4 rings (SSSR count). The van der Waals surface area contributed by atoms with Crippen LogP contribution >= 0.6 is 0 Å². The molecule has 2 aliphatic heterocycles. The van der Waals surface area contributed by atoms with Crippen LogP contribution < -0.4 is 5.48 Å². The summed E-state index contributed by atoms with van der Waals surface area (Å²) in [4.78, 5) is 21.3. The van der Waals surface area contributed by atoms with E-state index >= 15 is 0 Å². The van der Waals surface area contributed by atoms with E-state index in [-0.39, 0.29) is 24.2 Å². The summed E-state index contributed by atoms with van der Waals surface area (Å²) < 4.78 is 11.4. The number of hydroxylamine groups is 1. The Labute approximate surface area is 186 Å². The van der Waals surface area contributed by atoms with E-state index in [4.69, 9.17) is 14.3 Å². The van der Waals surface area contributed by atoms with Gasteiger partial charge in [-0.2, -0.15) is 5.48 Å². The van der Waals surface area contributed by atoms with Crippen LogP contribution in [0.5, 0.6) is 0 Å². The predicted octanol–water partition coefficient (Wildman–Crippen LogP) is 4.05. The standard InChI is InChI=1S/C25H38N2O4/c28-25(27-19-29-18-23(27)16-21-11-5-2-6-12-21)22(15-20-9-3-1-4-10-20)17-26-31-24-13-7-8-14-30-24/h2,5-6,11-12,20,22-24,26H,1,3-4,7-10,13-19H2. The van der Waals surface area contributed by atoms with E-state index < -0.39 is 0 Å². The number of rotatable bonds is 9. The SMILES string of the molecule is O=C(C(CNOC1CCCCO1)CC1CCCCC1)N1COCC1Cc1ccccc1. The number of ether oxygens (including phenoxy) is 2. The average molecular weight is 431 g/mol. The molecule has 3 unspecified atom stereocenters. The van der Waals surface area contributed by atoms with Crippen LogP contribution in [0, 0.1) is 11.8 Å². The number of carbonyl (C=O) groups is 1. The zero-order valence-corrected chi connectivity index (χ0v) is 18.7. The molecule has 0 spiro atoms. The topological polar surface area (TPSA) is 60.0 Å². The average Bonchev–Trinajstić information content (AvgIpc) is 3.28. The Morgan fingerprint density at radius 3 is 2.68 bits per heavy atom. The lowest BCUT2D eigenvalue weighted by Crippen LogP contribution is -2.45. The zero-order chi connectivity index (χ0) is 21.3. The molecule has 2 saturated heterocycles. The Morgan fingerprint density at radius 1 is 1.10 bits per heavy atom. The van der Waals surface area contributed by atoms with Gasteiger partial charge in [0.1, 0.15) is 6.73 Å². The predicted molar refractivity (Wildman–Crippen MR) is 119 cm³/mol. The zero-order valence-electron chi connectivity index (χ0n) is 18.7. The van der Waals surface area contributed by atoms with Gasteiger partial charge in [-0.05, 0) is 37.2 Å². The molecule has 1 aromatic carbocycles. The maximum Gasteiger partial charge on any atom is 0.229 e. The molecule has 0 bridgehead atoms. The molecule has 0 radical (unpaired) electrons. The van der Waals surface area contributed by atoms with Crippen LogP contribution in [-0.4, -0.2) is 49.6 Å². The molecule has 1 saturated carbocycles. The minimum absolute atomic E-state index is 0.0911. The monoisotopic (exact) mass is 430 g/mol. The van der Waals surface area contributed by atoms with E-state index in [1.807, 2.05) is 11.0 Å². The molecule has 1 aromatic rings. The molecular formula is C25H38N2O4. The second-order valence-corrected chi connectivity index (χ2v) is 9.35. The van der Waals surface area contributed by atoms with Gasteiger partial charge in [0, 0.05) is 19.6 Å². The van der Waals surface area contributed by atoms with Crippen molar-refractivity contribution in [1.82, 2.24) is 10.4 Å². The first-order valence-corrected chi connectivity index (χ1v) is 12.2. The van der Waals surface area contributed by atoms with Crippen LogP contribution in [0.2, 0.25) is 0 Å². The van der Waals surface area contributed by atoms with E-state index in [0.717, 1.165) is 38.7 Å². The van der Waals surface area contributed by atoms with Crippen LogP contribution in [-0.2, 0) is 25.5 Å². The number of hydrogen-bond donors (Lipinski definition) is 1. The smallest absolute Gasteiger partial charge is 0.229 e. The molecule has 6 nitrogen and oxygen atoms in total. The summed E-state index contributed by atoms with van der Waals surface area (Å²) in [7, 11) is 0. The number of nitrogens with one attached hydrogen (secondary N) is 1. The van der Waals surface area contributed by atoms with Gasteiger partial charge in [0.2, 0.25) is 5.91 Å². The minimum Gasteiger partial charge on any atom is -0.359 e. The van der Waals surface area contributed by atoms with E-state index in [0.29, 0.717) is 25.8 Å². The van der Waals surface area contributed by atoms with E-state index in [9.17, 15) is 4.79 Å². The molecule has 3 atom stereocenters. The summed E-state index contributed by atoms with van der Waals surface area (Å²) in [5.41, 5.74) is 4.35. The summed E-state index contributed by atoms with van der Waals surface area (Å²) in [6.45, 7) is 2.29. The number of carbonyl (C=O) groups excluding carboxylic acids is 1. The maximum absolute atomic E-state index is 13.6. The highest BCUT2D eigenvalue weighted by Gasteiger charge is 2.35. The van der Waals surface area contributed by atoms with Gasteiger partial charge in [-0.1, -0.05) is 62.4 Å². The normalized spacial score (nSPS) is 26.1. The third-order valence-corrected chi connectivity index (χ3v) is 6.95. The van der Waals surface area contributed by atoms with Gasteiger partial charge in [0.15, 0.2) is 6.29 Å². The van der Waals surface area contributed by atoms with Gasteiger partial charge in [0.25, 0.3) is 0 Å². The fraction of sp³-hybridized carbons (Fsp3) is 0.720. The molecule has 1 amide bonds. The highest BCUT2D eigenvalue weighted by Crippen LogP contribution is 2.30. The van der Waals surface area contributed by atoms with Crippen molar-refractivity contribution in [2.45, 2.75) is 76.5 Å². The summed E-state index contributed by atoms with van der Waals surface area (Å²) in [5.74, 6) is 0.739. The number of hydrogen-bond acceptors (Lipinski definition) is 5. The Hall–Kier alpha value is -1.47. The van der Waals surface area contributed by atoms with E-state index in [1.54, 1.807) is 0 Å². The van der Waals surface area contributed by atoms with Gasteiger partial charge in [-0.15, -0.1) is 0 Å². The minimum atomic E-state index is -0.194. The van der Waals surface area contributed by atoms with Crippen molar-refractivity contribution >= 4 is 5.91 Å². The van der Waals surface area contributed by atoms with Crippen LogP contribution in [0.25, 0.3) is 0 Å². The Balaban J connectivity index is 1.36. The molecule has 1 N–H and O–H groups in total. The first-order valence-electron chi connectivity index (χ1n) is 12.2. The van der Waals surface area contributed by atoms with Crippen molar-refractivity contribution in [3.63, 3.8) is 0 Å². The summed E-state index contributed by atoms with van der Waals surface area (Å²) in [6, 6.07) is 10.5. The van der Waals surface area contributed by atoms with Crippen molar-refractivity contribution in [2.24, 2.45) is 11.8 Å². The summed E-state index contributed by atoms with van der Waals surface area (Å²) in [6.07, 6.45) is 11.1. The lowest BCUT2D eigenvalue weighted by molar-refractivity contribution is -0.199. The molecule has 1 aliphatic carbocycles. The Kier molecular flexibility index (Phi) is 8.76. The first kappa shape index (κ1) is 22.7. The largest absolute Gasteiger partial charge is 0.359 e. The van der Waals surface area contributed by atoms with Gasteiger partial charge < -0.3 is 14.4 Å². The molecule has 0 aromatic heterocycles. The lowest BCUT2D eigenvalue weighted by atomic mass is 9.82. The molecular weight excluding hydrogens is 392 g/mol. The van der Waals surface area contributed by atoms with Crippen LogP contribution in [0.4, 0.5) is 0 Å². The van der Waals surface area contributed by atoms with E-state index in [2.05, 4.69) is 29.7 Å². The molecule has 3 fully saturated rings. The summed E-state index contributed by atoms with van der Waals surface area (Å²) in [5, 5.41) is 0. The number of nitrogens with zero attached hydrogens (tertiary/aromatic N) is 1. The van der Waals surface area contributed by atoms with Gasteiger partial charge in [0.05, 0.1) is 18.6 Å². The quantitative estimate of drug-likeness (QED) is 0.599. The van der Waals surface area contributed by atoms with Crippen molar-refractivity contribution in [3.05, 3.63) is 35.9 Å². The second-order valence-electron chi connectivity index (χ2n) is 9.35. The van der Waals surface area contributed by atoms with Crippen LogP contribution in [0.3, 0.4) is 0 Å². The van der Waals surface area contributed by atoms with E-state index in [1.165, 1.54) is 37.7 Å². The van der Waals surface area contributed by atoms with Crippen LogP contribution in [0.15, 0.2) is 30.3 Å². The Morgan fingerprint density at radius 2 is 1.90 bits per heavy atom. The number of benzene rings is 1. The van der Waals surface area contributed by atoms with Crippen LogP contribution in [0.1, 0.15) is 63.4 Å². The van der Waals surface area contributed by atoms with Gasteiger partial charge in [-0.25, -0.2) is 0 Å². The molecule has 172 valence electrons. The highest BCUT2D eigenvalue weighted by molar-refractivity contribution is 5.79.